The van der Waals surface area contributed by atoms with Crippen LogP contribution in [0.5, 0.6) is 5.75 Å². The summed E-state index contributed by atoms with van der Waals surface area (Å²) in [7, 11) is 0. The second-order valence-electron chi connectivity index (χ2n) is 9.04. The second-order valence-corrected chi connectivity index (χ2v) is 10.7. The van der Waals surface area contributed by atoms with E-state index in [4.69, 9.17) is 27.9 Å². The van der Waals surface area contributed by atoms with Gasteiger partial charge in [-0.05, 0) is 76.4 Å². The molecule has 0 heterocycles. The van der Waals surface area contributed by atoms with Crippen molar-refractivity contribution >= 4 is 50.9 Å². The number of hydrogen-bond donors (Lipinski definition) is 1. The summed E-state index contributed by atoms with van der Waals surface area (Å²) < 4.78 is 6.83. The fraction of sp³-hybridized carbons (Fsp3) is 0.440. The molecule has 0 aliphatic rings. The first-order chi connectivity index (χ1) is 15.3. The van der Waals surface area contributed by atoms with Gasteiger partial charge in [0.05, 0.1) is 0 Å². The van der Waals surface area contributed by atoms with E-state index < -0.39 is 11.6 Å². The lowest BCUT2D eigenvalue weighted by Crippen LogP contribution is -2.54. The summed E-state index contributed by atoms with van der Waals surface area (Å²) in [6.45, 7) is 11.4. The van der Waals surface area contributed by atoms with Gasteiger partial charge in [-0.3, -0.25) is 9.59 Å². The molecule has 0 saturated carbocycles. The Bertz CT molecular complexity index is 978. The first-order valence-electron chi connectivity index (χ1n) is 10.8. The SMILES string of the molecule is CC[C@@H](C(=O)NC(C)(C)C)N(Cc1c(Cl)cccc1Cl)C(=O)COc1cc(C)c(Br)c(C)c1. The third kappa shape index (κ3) is 7.62. The number of ether oxygens (including phenoxy) is 1. The Morgan fingerprint density at radius 1 is 1.12 bits per heavy atom. The lowest BCUT2D eigenvalue weighted by atomic mass is 10.1. The van der Waals surface area contributed by atoms with E-state index in [9.17, 15) is 9.59 Å². The highest BCUT2D eigenvalue weighted by Crippen LogP contribution is 2.28. The molecule has 0 aromatic heterocycles. The first kappa shape index (κ1) is 27.5. The Kier molecular flexibility index (Phi) is 9.65. The number of carbonyl (C=O) groups excluding carboxylic acids is 2. The number of rotatable bonds is 8. The summed E-state index contributed by atoms with van der Waals surface area (Å²) in [5.41, 5.74) is 2.16. The number of benzene rings is 2. The molecule has 180 valence electrons. The second kappa shape index (κ2) is 11.6. The molecule has 8 heteroatoms. The van der Waals surface area contributed by atoms with Crippen molar-refractivity contribution in [3.63, 3.8) is 0 Å². The van der Waals surface area contributed by atoms with E-state index >= 15 is 0 Å². The standard InChI is InChI=1S/C25H31BrCl2N2O3/c1-7-21(24(32)29-25(4,5)6)30(13-18-19(27)9-8-10-20(18)28)22(31)14-33-17-11-15(2)23(26)16(3)12-17/h8-12,21H,7,13-14H2,1-6H3,(H,29,32)/t21-/m0/s1. The van der Waals surface area contributed by atoms with Crippen LogP contribution in [0.15, 0.2) is 34.8 Å². The minimum Gasteiger partial charge on any atom is -0.484 e. The van der Waals surface area contributed by atoms with Crippen LogP contribution in [0.3, 0.4) is 0 Å². The zero-order valence-electron chi connectivity index (χ0n) is 19.9. The molecule has 0 spiro atoms. The van der Waals surface area contributed by atoms with Crippen LogP contribution in [0.2, 0.25) is 10.0 Å². The molecule has 2 rings (SSSR count). The van der Waals surface area contributed by atoms with Crippen LogP contribution in [0.1, 0.15) is 50.8 Å². The summed E-state index contributed by atoms with van der Waals surface area (Å²) in [6.07, 6.45) is 0.423. The molecule has 5 nitrogen and oxygen atoms in total. The van der Waals surface area contributed by atoms with Gasteiger partial charge in [0.2, 0.25) is 5.91 Å². The maximum Gasteiger partial charge on any atom is 0.261 e. The van der Waals surface area contributed by atoms with Gasteiger partial charge in [0, 0.05) is 32.2 Å². The Labute approximate surface area is 214 Å². The van der Waals surface area contributed by atoms with Crippen LogP contribution in [-0.4, -0.2) is 34.9 Å². The minimum atomic E-state index is -0.707. The van der Waals surface area contributed by atoms with Gasteiger partial charge in [-0.1, -0.05) is 52.1 Å². The highest BCUT2D eigenvalue weighted by Gasteiger charge is 2.31. The number of hydrogen-bond acceptors (Lipinski definition) is 3. The summed E-state index contributed by atoms with van der Waals surface area (Å²) in [4.78, 5) is 27.9. The predicted molar refractivity (Wildman–Crippen MR) is 138 cm³/mol. The van der Waals surface area contributed by atoms with Crippen LogP contribution in [0.4, 0.5) is 0 Å². The summed E-state index contributed by atoms with van der Waals surface area (Å²) in [5.74, 6) is 0.0152. The van der Waals surface area contributed by atoms with E-state index in [2.05, 4.69) is 21.2 Å². The van der Waals surface area contributed by atoms with Gasteiger partial charge in [0.1, 0.15) is 11.8 Å². The molecule has 0 aliphatic heterocycles. The number of halogens is 3. The maximum absolute atomic E-state index is 13.4. The number of nitrogens with one attached hydrogen (secondary N) is 1. The van der Waals surface area contributed by atoms with Gasteiger partial charge >= 0.3 is 0 Å². The largest absolute Gasteiger partial charge is 0.484 e. The molecule has 33 heavy (non-hydrogen) atoms. The topological polar surface area (TPSA) is 58.6 Å². The molecular formula is C25H31BrCl2N2O3. The highest BCUT2D eigenvalue weighted by molar-refractivity contribution is 9.10. The molecule has 2 amide bonds. The summed E-state index contributed by atoms with van der Waals surface area (Å²) in [6, 6.07) is 8.19. The molecule has 2 aromatic rings. The molecule has 0 saturated heterocycles. The Morgan fingerprint density at radius 2 is 1.67 bits per heavy atom. The Hall–Kier alpha value is -1.76. The molecule has 2 aromatic carbocycles. The van der Waals surface area contributed by atoms with E-state index in [1.807, 2.05) is 53.7 Å². The Morgan fingerprint density at radius 3 is 2.15 bits per heavy atom. The van der Waals surface area contributed by atoms with Crippen molar-refractivity contribution in [2.24, 2.45) is 0 Å². The summed E-state index contributed by atoms with van der Waals surface area (Å²) >= 11 is 16.3. The van der Waals surface area contributed by atoms with Crippen LogP contribution in [0, 0.1) is 13.8 Å². The molecule has 0 radical (unpaired) electrons. The van der Waals surface area contributed by atoms with Crippen molar-refractivity contribution in [2.45, 2.75) is 66.1 Å². The van der Waals surface area contributed by atoms with E-state index in [1.165, 1.54) is 4.90 Å². The zero-order chi connectivity index (χ0) is 24.9. The van der Waals surface area contributed by atoms with Crippen LogP contribution < -0.4 is 10.1 Å². The molecule has 0 bridgehead atoms. The van der Waals surface area contributed by atoms with E-state index in [0.717, 1.165) is 15.6 Å². The van der Waals surface area contributed by atoms with Gasteiger partial charge in [-0.25, -0.2) is 0 Å². The maximum atomic E-state index is 13.4. The van der Waals surface area contributed by atoms with Gasteiger partial charge in [0.15, 0.2) is 6.61 Å². The molecule has 1 N–H and O–H groups in total. The van der Waals surface area contributed by atoms with Crippen molar-refractivity contribution in [1.29, 1.82) is 0 Å². The van der Waals surface area contributed by atoms with E-state index in [1.54, 1.807) is 18.2 Å². The van der Waals surface area contributed by atoms with E-state index in [0.29, 0.717) is 27.8 Å². The fourth-order valence-corrected chi connectivity index (χ4v) is 4.19. The first-order valence-corrected chi connectivity index (χ1v) is 12.3. The lowest BCUT2D eigenvalue weighted by molar-refractivity contribution is -0.143. The molecule has 0 aliphatic carbocycles. The van der Waals surface area contributed by atoms with Gasteiger partial charge in [-0.2, -0.15) is 0 Å². The average molecular weight is 558 g/mol. The van der Waals surface area contributed by atoms with Crippen LogP contribution in [-0.2, 0) is 16.1 Å². The zero-order valence-corrected chi connectivity index (χ0v) is 23.0. The summed E-state index contributed by atoms with van der Waals surface area (Å²) in [5, 5.41) is 3.84. The smallest absolute Gasteiger partial charge is 0.261 e. The van der Waals surface area contributed by atoms with Gasteiger partial charge in [-0.15, -0.1) is 0 Å². The molecule has 0 unspecified atom stereocenters. The van der Waals surface area contributed by atoms with E-state index in [-0.39, 0.29) is 25.0 Å². The van der Waals surface area contributed by atoms with Crippen molar-refractivity contribution in [1.82, 2.24) is 10.2 Å². The van der Waals surface area contributed by atoms with Crippen molar-refractivity contribution < 1.29 is 14.3 Å². The number of aryl methyl sites for hydroxylation is 2. The minimum absolute atomic E-state index is 0.0924. The third-order valence-electron chi connectivity index (χ3n) is 5.05. The average Bonchev–Trinajstić information content (AvgIpc) is 2.70. The third-order valence-corrected chi connectivity index (χ3v) is 7.01. The monoisotopic (exact) mass is 556 g/mol. The Balaban J connectivity index is 2.34. The predicted octanol–water partition coefficient (Wildman–Crippen LogP) is 6.47. The number of nitrogens with zero attached hydrogens (tertiary/aromatic N) is 1. The molecule has 0 fully saturated rings. The fourth-order valence-electron chi connectivity index (χ4n) is 3.44. The van der Waals surface area contributed by atoms with Crippen LogP contribution in [0.25, 0.3) is 0 Å². The molecule has 1 atom stereocenters. The number of amides is 2. The van der Waals surface area contributed by atoms with Crippen molar-refractivity contribution in [3.8, 4) is 5.75 Å². The van der Waals surface area contributed by atoms with Gasteiger partial charge in [0.25, 0.3) is 5.91 Å². The van der Waals surface area contributed by atoms with Crippen molar-refractivity contribution in [2.75, 3.05) is 6.61 Å². The number of carbonyl (C=O) groups is 2. The van der Waals surface area contributed by atoms with Crippen molar-refractivity contribution in [3.05, 3.63) is 61.5 Å². The molecular weight excluding hydrogens is 527 g/mol. The highest BCUT2D eigenvalue weighted by atomic mass is 79.9. The lowest BCUT2D eigenvalue weighted by Gasteiger charge is -2.33. The van der Waals surface area contributed by atoms with Gasteiger partial charge < -0.3 is 15.0 Å². The quantitative estimate of drug-likeness (QED) is 0.404. The van der Waals surface area contributed by atoms with Crippen LogP contribution >= 0.6 is 39.1 Å². The normalized spacial score (nSPS) is 12.3.